The summed E-state index contributed by atoms with van der Waals surface area (Å²) in [5, 5.41) is 2.98. The zero-order valence-electron chi connectivity index (χ0n) is 13.7. The van der Waals surface area contributed by atoms with E-state index in [4.69, 9.17) is 4.74 Å². The van der Waals surface area contributed by atoms with Crippen LogP contribution in [0.15, 0.2) is 24.3 Å². The summed E-state index contributed by atoms with van der Waals surface area (Å²) in [5.41, 5.74) is 0.791. The molecule has 1 aliphatic heterocycles. The molecule has 1 N–H and O–H groups in total. The summed E-state index contributed by atoms with van der Waals surface area (Å²) >= 11 is 1.85. The number of benzene rings is 1. The van der Waals surface area contributed by atoms with Gasteiger partial charge >= 0.3 is 6.03 Å². The van der Waals surface area contributed by atoms with Gasteiger partial charge in [0.05, 0.1) is 6.10 Å². The molecule has 2 rings (SSSR count). The van der Waals surface area contributed by atoms with Crippen LogP contribution in [0.3, 0.4) is 0 Å². The van der Waals surface area contributed by atoms with Crippen molar-refractivity contribution < 1.29 is 9.53 Å². The van der Waals surface area contributed by atoms with E-state index in [0.717, 1.165) is 43.1 Å². The summed E-state index contributed by atoms with van der Waals surface area (Å²) in [4.78, 5) is 14.2. The molecule has 0 saturated carbocycles. The molecule has 1 aromatic rings. The van der Waals surface area contributed by atoms with Gasteiger partial charge in [-0.25, -0.2) is 4.79 Å². The molecule has 2 amide bonds. The van der Waals surface area contributed by atoms with E-state index in [1.807, 2.05) is 47.9 Å². The van der Waals surface area contributed by atoms with E-state index in [0.29, 0.717) is 5.92 Å². The molecule has 122 valence electrons. The van der Waals surface area contributed by atoms with Crippen molar-refractivity contribution in [3.8, 4) is 5.75 Å². The zero-order valence-corrected chi connectivity index (χ0v) is 14.5. The smallest absolute Gasteiger partial charge is 0.321 e. The summed E-state index contributed by atoms with van der Waals surface area (Å²) in [5.74, 6) is 2.55. The first kappa shape index (κ1) is 17.0. The first-order valence-electron chi connectivity index (χ1n) is 7.94. The second-order valence-electron chi connectivity index (χ2n) is 5.85. The SMILES string of the molecule is CC[C@@H](C)Oc1cccc(NC(=O)N2CC[C@H](CSC)C2)c1. The first-order chi connectivity index (χ1) is 10.6. The number of anilines is 1. The Hall–Kier alpha value is -1.36. The number of nitrogens with one attached hydrogen (secondary N) is 1. The standard InChI is InChI=1S/C17H26N2O2S/c1-4-13(2)21-16-7-5-6-15(10-16)18-17(20)19-9-8-14(11-19)12-22-3/h5-7,10,13-14H,4,8-9,11-12H2,1-3H3,(H,18,20)/t13-,14+/m1/s1. The Bertz CT molecular complexity index is 495. The molecule has 22 heavy (non-hydrogen) atoms. The predicted octanol–water partition coefficient (Wildman–Crippen LogP) is 4.08. The Morgan fingerprint density at radius 3 is 3.09 bits per heavy atom. The number of hydrogen-bond acceptors (Lipinski definition) is 3. The van der Waals surface area contributed by atoms with Gasteiger partial charge in [0.1, 0.15) is 5.75 Å². The van der Waals surface area contributed by atoms with Crippen molar-refractivity contribution in [2.75, 3.05) is 30.4 Å². The average Bonchev–Trinajstić information content (AvgIpc) is 2.96. The largest absolute Gasteiger partial charge is 0.491 e. The highest BCUT2D eigenvalue weighted by atomic mass is 32.2. The molecule has 0 aliphatic carbocycles. The second-order valence-corrected chi connectivity index (χ2v) is 6.76. The number of ether oxygens (including phenoxy) is 1. The predicted molar refractivity (Wildman–Crippen MR) is 93.9 cm³/mol. The van der Waals surface area contributed by atoms with E-state index in [2.05, 4.69) is 18.5 Å². The minimum absolute atomic E-state index is 0.00991. The molecular weight excluding hydrogens is 296 g/mol. The fraction of sp³-hybridized carbons (Fsp3) is 0.588. The molecule has 1 fully saturated rings. The zero-order chi connectivity index (χ0) is 15.9. The van der Waals surface area contributed by atoms with E-state index in [1.165, 1.54) is 0 Å². The maximum atomic E-state index is 12.3. The summed E-state index contributed by atoms with van der Waals surface area (Å²) in [6, 6.07) is 7.61. The molecule has 0 spiro atoms. The topological polar surface area (TPSA) is 41.6 Å². The van der Waals surface area contributed by atoms with Gasteiger partial charge in [0.15, 0.2) is 0 Å². The summed E-state index contributed by atoms with van der Waals surface area (Å²) < 4.78 is 5.79. The molecule has 1 aliphatic rings. The Balaban J connectivity index is 1.90. The number of carbonyl (C=O) groups is 1. The lowest BCUT2D eigenvalue weighted by Crippen LogP contribution is -2.33. The number of thioether (sulfide) groups is 1. The van der Waals surface area contributed by atoms with Crippen LogP contribution in [0.4, 0.5) is 10.5 Å². The van der Waals surface area contributed by atoms with E-state index >= 15 is 0 Å². The fourth-order valence-electron chi connectivity index (χ4n) is 2.55. The number of carbonyl (C=O) groups excluding carboxylic acids is 1. The van der Waals surface area contributed by atoms with Crippen LogP contribution in [0.5, 0.6) is 5.75 Å². The summed E-state index contributed by atoms with van der Waals surface area (Å²) in [7, 11) is 0. The molecule has 0 bridgehead atoms. The lowest BCUT2D eigenvalue weighted by atomic mass is 10.2. The van der Waals surface area contributed by atoms with Gasteiger partial charge in [-0.2, -0.15) is 11.8 Å². The number of rotatable bonds is 6. The number of amides is 2. The number of nitrogens with zero attached hydrogens (tertiary/aromatic N) is 1. The van der Waals surface area contributed by atoms with Crippen LogP contribution in [0.2, 0.25) is 0 Å². The summed E-state index contributed by atoms with van der Waals surface area (Å²) in [6.07, 6.45) is 4.36. The third kappa shape index (κ3) is 4.83. The van der Waals surface area contributed by atoms with Crippen LogP contribution in [0.25, 0.3) is 0 Å². The second kappa shape index (κ2) is 8.32. The van der Waals surface area contributed by atoms with Gasteiger partial charge in [-0.15, -0.1) is 0 Å². The van der Waals surface area contributed by atoms with Gasteiger partial charge in [0.2, 0.25) is 0 Å². The van der Waals surface area contributed by atoms with Crippen LogP contribution < -0.4 is 10.1 Å². The van der Waals surface area contributed by atoms with Gasteiger partial charge < -0.3 is 15.0 Å². The molecule has 0 unspecified atom stereocenters. The molecular formula is C17H26N2O2S. The Morgan fingerprint density at radius 2 is 2.36 bits per heavy atom. The Labute approximate surface area is 137 Å². The van der Waals surface area contributed by atoms with Crippen molar-refractivity contribution in [2.24, 2.45) is 5.92 Å². The quantitative estimate of drug-likeness (QED) is 0.858. The highest BCUT2D eigenvalue weighted by molar-refractivity contribution is 7.98. The number of hydrogen-bond donors (Lipinski definition) is 1. The molecule has 0 radical (unpaired) electrons. The first-order valence-corrected chi connectivity index (χ1v) is 9.33. The molecule has 4 nitrogen and oxygen atoms in total. The van der Waals surface area contributed by atoms with Gasteiger partial charge in [0.25, 0.3) is 0 Å². The van der Waals surface area contributed by atoms with Crippen molar-refractivity contribution >= 4 is 23.5 Å². The van der Waals surface area contributed by atoms with Crippen molar-refractivity contribution in [3.63, 3.8) is 0 Å². The van der Waals surface area contributed by atoms with Crippen LogP contribution in [-0.4, -0.2) is 42.1 Å². The van der Waals surface area contributed by atoms with Crippen molar-refractivity contribution in [1.29, 1.82) is 0 Å². The van der Waals surface area contributed by atoms with Crippen LogP contribution >= 0.6 is 11.8 Å². The molecule has 1 heterocycles. The van der Waals surface area contributed by atoms with Crippen LogP contribution in [0.1, 0.15) is 26.7 Å². The van der Waals surface area contributed by atoms with Crippen LogP contribution in [-0.2, 0) is 0 Å². The van der Waals surface area contributed by atoms with E-state index in [9.17, 15) is 4.79 Å². The number of urea groups is 1. The highest BCUT2D eigenvalue weighted by Gasteiger charge is 2.25. The van der Waals surface area contributed by atoms with Gasteiger partial charge in [-0.3, -0.25) is 0 Å². The Kier molecular flexibility index (Phi) is 6.43. The lowest BCUT2D eigenvalue weighted by Gasteiger charge is -2.18. The maximum Gasteiger partial charge on any atom is 0.321 e. The third-order valence-corrected chi connectivity index (χ3v) is 4.78. The number of likely N-dealkylation sites (tertiary alicyclic amines) is 1. The molecule has 5 heteroatoms. The summed E-state index contributed by atoms with van der Waals surface area (Å²) in [6.45, 7) is 5.84. The van der Waals surface area contributed by atoms with Gasteiger partial charge in [-0.1, -0.05) is 13.0 Å². The lowest BCUT2D eigenvalue weighted by molar-refractivity contribution is 0.217. The van der Waals surface area contributed by atoms with E-state index in [-0.39, 0.29) is 12.1 Å². The molecule has 2 atom stereocenters. The fourth-order valence-corrected chi connectivity index (χ4v) is 3.30. The van der Waals surface area contributed by atoms with Gasteiger partial charge in [-0.05, 0) is 49.8 Å². The van der Waals surface area contributed by atoms with Crippen molar-refractivity contribution in [1.82, 2.24) is 4.90 Å². The normalized spacial score (nSPS) is 19.0. The minimum Gasteiger partial charge on any atom is -0.491 e. The third-order valence-electron chi connectivity index (χ3n) is 3.97. The van der Waals surface area contributed by atoms with Gasteiger partial charge in [0, 0.05) is 24.8 Å². The van der Waals surface area contributed by atoms with E-state index in [1.54, 1.807) is 0 Å². The van der Waals surface area contributed by atoms with Crippen LogP contribution in [0, 0.1) is 5.92 Å². The molecule has 1 aromatic carbocycles. The maximum absolute atomic E-state index is 12.3. The van der Waals surface area contributed by atoms with Crippen molar-refractivity contribution in [3.05, 3.63) is 24.3 Å². The molecule has 0 aromatic heterocycles. The monoisotopic (exact) mass is 322 g/mol. The minimum atomic E-state index is -0.00991. The van der Waals surface area contributed by atoms with E-state index < -0.39 is 0 Å². The Morgan fingerprint density at radius 1 is 1.55 bits per heavy atom. The highest BCUT2D eigenvalue weighted by Crippen LogP contribution is 2.22. The van der Waals surface area contributed by atoms with Crippen molar-refractivity contribution in [2.45, 2.75) is 32.8 Å². The molecule has 1 saturated heterocycles. The average molecular weight is 322 g/mol.